The maximum atomic E-state index is 12.7. The standard InChI is InChI=1S/C21H24N2O5S2/c24-21(22-17-5-7-18(8-6-17)23-12-1-2-13-23)16-3-9-19(10-4-16)30(27,28)20-11-14-29(25,26)15-20/h3-10,20H,1-2,11-15H2,(H,22,24). The number of amides is 1. The second-order valence-electron chi connectivity index (χ2n) is 7.79. The third-order valence-electron chi connectivity index (χ3n) is 5.67. The van der Waals surface area contributed by atoms with Crippen molar-refractivity contribution in [2.75, 3.05) is 34.8 Å². The molecule has 0 aromatic heterocycles. The first-order valence-corrected chi connectivity index (χ1v) is 13.3. The summed E-state index contributed by atoms with van der Waals surface area (Å²) in [6.07, 6.45) is 2.50. The van der Waals surface area contributed by atoms with Gasteiger partial charge in [0.25, 0.3) is 5.91 Å². The highest BCUT2D eigenvalue weighted by atomic mass is 32.2. The molecule has 0 aliphatic carbocycles. The van der Waals surface area contributed by atoms with E-state index in [2.05, 4.69) is 10.2 Å². The Morgan fingerprint density at radius 3 is 2.17 bits per heavy atom. The van der Waals surface area contributed by atoms with Gasteiger partial charge in [-0.2, -0.15) is 0 Å². The molecule has 0 saturated carbocycles. The van der Waals surface area contributed by atoms with Gasteiger partial charge in [-0.25, -0.2) is 16.8 Å². The summed E-state index contributed by atoms with van der Waals surface area (Å²) < 4.78 is 48.6. The highest BCUT2D eigenvalue weighted by Crippen LogP contribution is 2.26. The SMILES string of the molecule is O=C(Nc1ccc(N2CCCC2)cc1)c1ccc(S(=O)(=O)C2CCS(=O)(=O)C2)cc1. The molecule has 2 fully saturated rings. The van der Waals surface area contributed by atoms with E-state index in [4.69, 9.17) is 0 Å². The molecule has 1 unspecified atom stereocenters. The Kier molecular flexibility index (Phi) is 5.59. The maximum absolute atomic E-state index is 12.7. The minimum absolute atomic E-state index is 0.0381. The number of carbonyl (C=O) groups excluding carboxylic acids is 1. The molecular formula is C21H24N2O5S2. The van der Waals surface area contributed by atoms with Gasteiger partial charge in [-0.1, -0.05) is 0 Å². The average molecular weight is 449 g/mol. The zero-order chi connectivity index (χ0) is 21.4. The van der Waals surface area contributed by atoms with Gasteiger partial charge in [0.2, 0.25) is 0 Å². The van der Waals surface area contributed by atoms with Crippen molar-refractivity contribution in [2.45, 2.75) is 29.4 Å². The summed E-state index contributed by atoms with van der Waals surface area (Å²) in [5.41, 5.74) is 2.13. The first-order valence-electron chi connectivity index (χ1n) is 9.95. The molecule has 2 aliphatic rings. The molecular weight excluding hydrogens is 424 g/mol. The molecule has 9 heteroatoms. The van der Waals surface area contributed by atoms with E-state index in [0.717, 1.165) is 18.8 Å². The minimum Gasteiger partial charge on any atom is -0.372 e. The Balaban J connectivity index is 1.43. The lowest BCUT2D eigenvalue weighted by molar-refractivity contribution is 0.102. The van der Waals surface area contributed by atoms with E-state index in [0.29, 0.717) is 11.3 Å². The van der Waals surface area contributed by atoms with Crippen molar-refractivity contribution in [3.05, 3.63) is 54.1 Å². The van der Waals surface area contributed by atoms with E-state index in [1.54, 1.807) is 0 Å². The summed E-state index contributed by atoms with van der Waals surface area (Å²) in [6.45, 7) is 2.10. The number of anilines is 2. The normalized spacial score (nSPS) is 20.9. The Hall–Kier alpha value is -2.39. The van der Waals surface area contributed by atoms with E-state index in [9.17, 15) is 21.6 Å². The van der Waals surface area contributed by atoms with Crippen molar-refractivity contribution < 1.29 is 21.6 Å². The molecule has 4 rings (SSSR count). The first-order chi connectivity index (χ1) is 14.2. The third kappa shape index (κ3) is 4.37. The Morgan fingerprint density at radius 2 is 1.60 bits per heavy atom. The zero-order valence-corrected chi connectivity index (χ0v) is 18.1. The van der Waals surface area contributed by atoms with Gasteiger partial charge >= 0.3 is 0 Å². The molecule has 1 N–H and O–H groups in total. The van der Waals surface area contributed by atoms with Gasteiger partial charge in [-0.15, -0.1) is 0 Å². The van der Waals surface area contributed by atoms with Crippen molar-refractivity contribution in [1.29, 1.82) is 0 Å². The topological polar surface area (TPSA) is 101 Å². The summed E-state index contributed by atoms with van der Waals surface area (Å²) in [5.74, 6) is -0.782. The molecule has 2 saturated heterocycles. The minimum atomic E-state index is -3.74. The summed E-state index contributed by atoms with van der Waals surface area (Å²) in [5, 5.41) is 1.89. The number of sulfone groups is 2. The molecule has 1 atom stereocenters. The molecule has 30 heavy (non-hydrogen) atoms. The lowest BCUT2D eigenvalue weighted by atomic mass is 10.2. The van der Waals surface area contributed by atoms with Gasteiger partial charge in [0.15, 0.2) is 19.7 Å². The molecule has 1 amide bonds. The lowest BCUT2D eigenvalue weighted by Crippen LogP contribution is -2.23. The van der Waals surface area contributed by atoms with Gasteiger partial charge in [0.1, 0.15) is 0 Å². The number of nitrogens with one attached hydrogen (secondary N) is 1. The Morgan fingerprint density at radius 1 is 0.967 bits per heavy atom. The lowest BCUT2D eigenvalue weighted by Gasteiger charge is -2.17. The number of benzene rings is 2. The molecule has 7 nitrogen and oxygen atoms in total. The second-order valence-corrected chi connectivity index (χ2v) is 12.2. The Bertz CT molecular complexity index is 1130. The molecule has 160 valence electrons. The molecule has 0 spiro atoms. The van der Waals surface area contributed by atoms with Crippen LogP contribution in [0.15, 0.2) is 53.4 Å². The van der Waals surface area contributed by atoms with Crippen LogP contribution in [0.2, 0.25) is 0 Å². The van der Waals surface area contributed by atoms with Gasteiger partial charge in [-0.05, 0) is 67.8 Å². The predicted molar refractivity (Wildman–Crippen MR) is 117 cm³/mol. The van der Waals surface area contributed by atoms with E-state index in [1.165, 1.54) is 37.1 Å². The van der Waals surface area contributed by atoms with E-state index in [1.807, 2.05) is 24.3 Å². The van der Waals surface area contributed by atoms with E-state index >= 15 is 0 Å². The molecule has 2 heterocycles. The number of hydrogen-bond donors (Lipinski definition) is 1. The molecule has 2 aliphatic heterocycles. The smallest absolute Gasteiger partial charge is 0.255 e. The van der Waals surface area contributed by atoms with Crippen molar-refractivity contribution in [3.63, 3.8) is 0 Å². The van der Waals surface area contributed by atoms with E-state index in [-0.39, 0.29) is 28.7 Å². The fraction of sp³-hybridized carbons (Fsp3) is 0.381. The molecule has 0 radical (unpaired) electrons. The molecule has 0 bridgehead atoms. The first kappa shape index (κ1) is 20.9. The monoisotopic (exact) mass is 448 g/mol. The van der Waals surface area contributed by atoms with Crippen molar-refractivity contribution in [2.24, 2.45) is 0 Å². The van der Waals surface area contributed by atoms with Crippen molar-refractivity contribution in [3.8, 4) is 0 Å². The number of hydrogen-bond acceptors (Lipinski definition) is 6. The molecule has 2 aromatic carbocycles. The summed E-state index contributed by atoms with van der Waals surface area (Å²) in [6, 6.07) is 13.3. The van der Waals surface area contributed by atoms with Crippen LogP contribution in [0.5, 0.6) is 0 Å². The maximum Gasteiger partial charge on any atom is 0.255 e. The summed E-state index contributed by atoms with van der Waals surface area (Å²) in [4.78, 5) is 14.9. The van der Waals surface area contributed by atoms with Gasteiger partial charge in [0, 0.05) is 30.0 Å². The summed E-state index contributed by atoms with van der Waals surface area (Å²) >= 11 is 0. The van der Waals surface area contributed by atoms with Crippen LogP contribution in [0.4, 0.5) is 11.4 Å². The van der Waals surface area contributed by atoms with Crippen LogP contribution >= 0.6 is 0 Å². The van der Waals surface area contributed by atoms with Gasteiger partial charge in [-0.3, -0.25) is 4.79 Å². The quantitative estimate of drug-likeness (QED) is 0.754. The number of rotatable bonds is 5. The van der Waals surface area contributed by atoms with Crippen LogP contribution < -0.4 is 10.2 Å². The predicted octanol–water partition coefficient (Wildman–Crippen LogP) is 2.50. The van der Waals surface area contributed by atoms with Crippen LogP contribution in [0, 0.1) is 0 Å². The third-order valence-corrected chi connectivity index (χ3v) is 9.86. The number of carbonyl (C=O) groups is 1. The van der Waals surface area contributed by atoms with Gasteiger partial charge in [0.05, 0.1) is 21.7 Å². The van der Waals surface area contributed by atoms with Crippen LogP contribution in [-0.2, 0) is 19.7 Å². The van der Waals surface area contributed by atoms with Crippen LogP contribution in [-0.4, -0.2) is 52.6 Å². The zero-order valence-electron chi connectivity index (χ0n) is 16.5. The van der Waals surface area contributed by atoms with Crippen LogP contribution in [0.25, 0.3) is 0 Å². The fourth-order valence-corrected chi connectivity index (χ4v) is 8.29. The highest BCUT2D eigenvalue weighted by molar-refractivity contribution is 7.96. The van der Waals surface area contributed by atoms with Crippen LogP contribution in [0.3, 0.4) is 0 Å². The van der Waals surface area contributed by atoms with Crippen molar-refractivity contribution in [1.82, 2.24) is 0 Å². The van der Waals surface area contributed by atoms with Crippen molar-refractivity contribution >= 4 is 37.0 Å². The Labute approximate surface area is 176 Å². The van der Waals surface area contributed by atoms with Gasteiger partial charge < -0.3 is 10.2 Å². The highest BCUT2D eigenvalue weighted by Gasteiger charge is 2.38. The van der Waals surface area contributed by atoms with E-state index < -0.39 is 24.9 Å². The van der Waals surface area contributed by atoms with Crippen LogP contribution in [0.1, 0.15) is 29.6 Å². The average Bonchev–Trinajstić information content (AvgIpc) is 3.38. The number of nitrogens with zero attached hydrogens (tertiary/aromatic N) is 1. The fourth-order valence-electron chi connectivity index (χ4n) is 3.93. The molecule has 2 aromatic rings. The second kappa shape index (κ2) is 8.03. The largest absolute Gasteiger partial charge is 0.372 e. The summed E-state index contributed by atoms with van der Waals surface area (Å²) in [7, 11) is -7.04.